The summed E-state index contributed by atoms with van der Waals surface area (Å²) in [4.78, 5) is 23.3. The van der Waals surface area contributed by atoms with Crippen molar-refractivity contribution in [3.05, 3.63) is 18.1 Å². The largest absolute Gasteiger partial charge is 0.351 e. The number of rotatable bonds is 2. The van der Waals surface area contributed by atoms with E-state index in [4.69, 9.17) is 16.9 Å². The molecule has 2 rings (SSSR count). The Morgan fingerprint density at radius 2 is 2.00 bits per heavy atom. The molecule has 1 saturated heterocycles. The minimum Gasteiger partial charge on any atom is -0.351 e. The third kappa shape index (κ3) is 2.51. The number of aromatic nitrogens is 2. The van der Waals surface area contributed by atoms with Crippen LogP contribution in [0.3, 0.4) is 0 Å². The lowest BCUT2D eigenvalue weighted by molar-refractivity contribution is -0.128. The van der Waals surface area contributed by atoms with E-state index >= 15 is 0 Å². The molecule has 0 spiro atoms. The molecule has 6 nitrogen and oxygen atoms in total. The molecule has 1 aromatic heterocycles. The number of nitriles is 1. The molecule has 1 aliphatic heterocycles. The van der Waals surface area contributed by atoms with Crippen molar-refractivity contribution >= 4 is 23.3 Å². The topological polar surface area (TPSA) is 73.1 Å². The summed E-state index contributed by atoms with van der Waals surface area (Å²) >= 11 is 5.52. The number of amides is 1. The van der Waals surface area contributed by atoms with Gasteiger partial charge in [-0.15, -0.1) is 11.6 Å². The Morgan fingerprint density at radius 1 is 1.33 bits per heavy atom. The van der Waals surface area contributed by atoms with Crippen molar-refractivity contribution < 1.29 is 4.79 Å². The van der Waals surface area contributed by atoms with Gasteiger partial charge in [0.2, 0.25) is 5.91 Å². The smallest absolute Gasteiger partial charge is 0.237 e. The fourth-order valence-electron chi connectivity index (χ4n) is 1.89. The van der Waals surface area contributed by atoms with Crippen molar-refractivity contribution in [2.75, 3.05) is 37.0 Å². The number of anilines is 1. The predicted molar refractivity (Wildman–Crippen MR) is 66.3 cm³/mol. The molecular formula is C11H12ClN5O. The molecule has 0 unspecified atom stereocenters. The highest BCUT2D eigenvalue weighted by Gasteiger charge is 2.22. The zero-order chi connectivity index (χ0) is 13.0. The highest BCUT2D eigenvalue weighted by atomic mass is 35.5. The van der Waals surface area contributed by atoms with Crippen LogP contribution in [-0.2, 0) is 4.79 Å². The summed E-state index contributed by atoms with van der Waals surface area (Å²) in [6.45, 7) is 2.45. The first-order chi connectivity index (χ1) is 8.76. The fourth-order valence-corrected chi connectivity index (χ4v) is 2.06. The zero-order valence-electron chi connectivity index (χ0n) is 9.71. The van der Waals surface area contributed by atoms with Gasteiger partial charge in [-0.25, -0.2) is 9.97 Å². The Balaban J connectivity index is 2.06. The average molecular weight is 266 g/mol. The van der Waals surface area contributed by atoms with E-state index in [9.17, 15) is 4.79 Å². The van der Waals surface area contributed by atoms with E-state index in [1.165, 1.54) is 6.20 Å². The number of hydrogen-bond donors (Lipinski definition) is 0. The summed E-state index contributed by atoms with van der Waals surface area (Å²) in [7, 11) is 0. The van der Waals surface area contributed by atoms with E-state index in [0.717, 1.165) is 0 Å². The average Bonchev–Trinajstić information content (AvgIpc) is 2.46. The van der Waals surface area contributed by atoms with Crippen LogP contribution >= 0.6 is 11.6 Å². The van der Waals surface area contributed by atoms with Gasteiger partial charge in [-0.1, -0.05) is 0 Å². The van der Waals surface area contributed by atoms with Crippen LogP contribution in [0.15, 0.2) is 12.4 Å². The molecule has 18 heavy (non-hydrogen) atoms. The predicted octanol–water partition coefficient (Wildman–Crippen LogP) is 0.236. The van der Waals surface area contributed by atoms with Gasteiger partial charge in [-0.05, 0) is 0 Å². The lowest BCUT2D eigenvalue weighted by Gasteiger charge is -2.35. The molecule has 0 N–H and O–H groups in total. The van der Waals surface area contributed by atoms with Crippen molar-refractivity contribution in [3.8, 4) is 6.07 Å². The van der Waals surface area contributed by atoms with E-state index in [-0.39, 0.29) is 11.8 Å². The summed E-state index contributed by atoms with van der Waals surface area (Å²) in [6, 6.07) is 2.02. The second kappa shape index (κ2) is 5.65. The lowest BCUT2D eigenvalue weighted by atomic mass is 10.3. The van der Waals surface area contributed by atoms with Gasteiger partial charge in [0, 0.05) is 38.6 Å². The summed E-state index contributed by atoms with van der Waals surface area (Å²) in [6.07, 6.45) is 3.06. The maximum atomic E-state index is 11.4. The molecule has 0 saturated carbocycles. The fraction of sp³-hybridized carbons (Fsp3) is 0.455. The van der Waals surface area contributed by atoms with E-state index in [0.29, 0.717) is 37.7 Å². The van der Waals surface area contributed by atoms with Crippen molar-refractivity contribution in [2.45, 2.75) is 0 Å². The molecule has 1 amide bonds. The maximum absolute atomic E-state index is 11.4. The molecule has 0 aromatic carbocycles. The Labute approximate surface area is 110 Å². The van der Waals surface area contributed by atoms with Crippen LogP contribution in [0.25, 0.3) is 0 Å². The number of carbonyl (C=O) groups excluding carboxylic acids is 1. The minimum atomic E-state index is -0.0593. The van der Waals surface area contributed by atoms with Gasteiger partial charge in [0.1, 0.15) is 11.9 Å². The summed E-state index contributed by atoms with van der Waals surface area (Å²) in [5.74, 6) is 0.531. The van der Waals surface area contributed by atoms with Gasteiger partial charge in [-0.3, -0.25) is 4.79 Å². The van der Waals surface area contributed by atoms with E-state index in [1.54, 1.807) is 11.1 Å². The first-order valence-electron chi connectivity index (χ1n) is 5.56. The Hall–Kier alpha value is -1.87. The standard InChI is InChI=1S/C11H12ClN5O/c12-7-10(18)16-3-5-17(6-4-16)11-9(8-13)14-1-2-15-11/h1-2H,3-7H2. The first kappa shape index (κ1) is 12.6. The van der Waals surface area contributed by atoms with Crippen LogP contribution in [0, 0.1) is 11.3 Å². The molecule has 1 aliphatic rings. The number of alkyl halides is 1. The highest BCUT2D eigenvalue weighted by molar-refractivity contribution is 6.27. The molecule has 1 fully saturated rings. The quantitative estimate of drug-likeness (QED) is 0.716. The minimum absolute atomic E-state index is 0.00852. The number of nitrogens with zero attached hydrogens (tertiary/aromatic N) is 5. The normalized spacial score (nSPS) is 15.3. The lowest BCUT2D eigenvalue weighted by Crippen LogP contribution is -2.49. The van der Waals surface area contributed by atoms with Crippen LogP contribution in [0.4, 0.5) is 5.82 Å². The van der Waals surface area contributed by atoms with Gasteiger partial charge in [0.05, 0.1) is 0 Å². The molecule has 94 valence electrons. The summed E-state index contributed by atoms with van der Waals surface area (Å²) in [5, 5.41) is 8.97. The number of hydrogen-bond acceptors (Lipinski definition) is 5. The number of carbonyl (C=O) groups is 1. The van der Waals surface area contributed by atoms with Crippen molar-refractivity contribution in [1.29, 1.82) is 5.26 Å². The first-order valence-corrected chi connectivity index (χ1v) is 6.09. The second-order valence-corrected chi connectivity index (χ2v) is 4.11. The molecule has 7 heteroatoms. The summed E-state index contributed by atoms with van der Waals surface area (Å²) < 4.78 is 0. The Bertz CT molecular complexity index is 479. The van der Waals surface area contributed by atoms with Crippen LogP contribution in [0.5, 0.6) is 0 Å². The third-order valence-corrected chi connectivity index (χ3v) is 3.06. The molecule has 0 bridgehead atoms. The summed E-state index contributed by atoms with van der Waals surface area (Å²) in [5.41, 5.74) is 0.314. The molecule has 1 aromatic rings. The zero-order valence-corrected chi connectivity index (χ0v) is 10.5. The Morgan fingerprint density at radius 3 is 2.61 bits per heavy atom. The van der Waals surface area contributed by atoms with E-state index < -0.39 is 0 Å². The van der Waals surface area contributed by atoms with Crippen molar-refractivity contribution in [1.82, 2.24) is 14.9 Å². The van der Waals surface area contributed by atoms with E-state index in [2.05, 4.69) is 9.97 Å². The van der Waals surface area contributed by atoms with Gasteiger partial charge < -0.3 is 9.80 Å². The molecular weight excluding hydrogens is 254 g/mol. The van der Waals surface area contributed by atoms with Crippen LogP contribution in [0.2, 0.25) is 0 Å². The van der Waals surface area contributed by atoms with Crippen molar-refractivity contribution in [3.63, 3.8) is 0 Å². The SMILES string of the molecule is N#Cc1nccnc1N1CCN(C(=O)CCl)CC1. The molecule has 2 heterocycles. The van der Waals surface area contributed by atoms with E-state index in [1.807, 2.05) is 11.0 Å². The van der Waals surface area contributed by atoms with Crippen LogP contribution in [-0.4, -0.2) is 52.8 Å². The molecule has 0 aliphatic carbocycles. The van der Waals surface area contributed by atoms with Gasteiger partial charge in [0.15, 0.2) is 11.5 Å². The Kier molecular flexibility index (Phi) is 3.95. The monoisotopic (exact) mass is 265 g/mol. The third-order valence-electron chi connectivity index (χ3n) is 2.83. The highest BCUT2D eigenvalue weighted by Crippen LogP contribution is 2.16. The van der Waals surface area contributed by atoms with Gasteiger partial charge in [0.25, 0.3) is 0 Å². The van der Waals surface area contributed by atoms with Crippen molar-refractivity contribution in [2.24, 2.45) is 0 Å². The number of piperazine rings is 1. The van der Waals surface area contributed by atoms with Crippen LogP contribution < -0.4 is 4.90 Å². The van der Waals surface area contributed by atoms with Gasteiger partial charge in [-0.2, -0.15) is 5.26 Å². The number of halogens is 1. The maximum Gasteiger partial charge on any atom is 0.237 e. The van der Waals surface area contributed by atoms with Crippen LogP contribution in [0.1, 0.15) is 5.69 Å². The van der Waals surface area contributed by atoms with Gasteiger partial charge >= 0.3 is 0 Å². The second-order valence-electron chi connectivity index (χ2n) is 3.84. The molecule has 0 radical (unpaired) electrons. The molecule has 0 atom stereocenters.